The molecule has 0 unspecified atom stereocenters. The standard InChI is InChI=1S/C40H41N7O4/c1-22-10-32(11-23(2)37(22)48)43-45(34-12-24(3)38(49)25(4)13-34)47(36-16-28(7)40(51)29(8)17-36)46(35-14-26(5)39(50)27(6)15-35)44-33-19-30(21-41)18-31(20-33)42-9/h10-20,43-44,48-51H,1-8H3. The van der Waals surface area contributed by atoms with Crippen molar-refractivity contribution in [2.45, 2.75) is 55.4 Å². The fourth-order valence-corrected chi connectivity index (χ4v) is 5.99. The summed E-state index contributed by atoms with van der Waals surface area (Å²) in [5, 5.41) is 58.3. The van der Waals surface area contributed by atoms with Gasteiger partial charge in [-0.15, -0.1) is 0 Å². The van der Waals surface area contributed by atoms with Gasteiger partial charge in [0.25, 0.3) is 0 Å². The second kappa shape index (κ2) is 14.0. The highest BCUT2D eigenvalue weighted by atomic mass is 16.3. The van der Waals surface area contributed by atoms with E-state index in [1.165, 1.54) is 6.07 Å². The maximum absolute atomic E-state index is 10.9. The van der Waals surface area contributed by atoms with Crippen molar-refractivity contribution in [1.82, 2.24) is 0 Å². The van der Waals surface area contributed by atoms with Crippen LogP contribution in [0.4, 0.5) is 34.1 Å². The predicted molar refractivity (Wildman–Crippen MR) is 202 cm³/mol. The molecule has 5 aromatic rings. The molecule has 0 radical (unpaired) electrons. The van der Waals surface area contributed by atoms with E-state index >= 15 is 0 Å². The normalized spacial score (nSPS) is 10.6. The molecule has 0 spiro atoms. The fraction of sp³-hybridized carbons (Fsp3) is 0.200. The van der Waals surface area contributed by atoms with Crippen LogP contribution in [0.25, 0.3) is 4.85 Å². The Hall–Kier alpha value is -6.72. The fourth-order valence-electron chi connectivity index (χ4n) is 5.99. The molecule has 6 N–H and O–H groups in total. The van der Waals surface area contributed by atoms with Crippen molar-refractivity contribution in [3.05, 3.63) is 128 Å². The summed E-state index contributed by atoms with van der Waals surface area (Å²) in [7, 11) is 0. The zero-order chi connectivity index (χ0) is 37.3. The molecule has 5 aromatic carbocycles. The second-order valence-corrected chi connectivity index (χ2v) is 12.9. The minimum atomic E-state index is 0.137. The van der Waals surface area contributed by atoms with E-state index in [2.05, 4.69) is 21.8 Å². The van der Waals surface area contributed by atoms with Crippen molar-refractivity contribution in [2.24, 2.45) is 0 Å². The van der Waals surface area contributed by atoms with E-state index in [9.17, 15) is 25.7 Å². The molecule has 260 valence electrons. The molecule has 0 saturated carbocycles. The molecule has 0 saturated heterocycles. The number of rotatable bonds is 9. The molecule has 51 heavy (non-hydrogen) atoms. The number of benzene rings is 5. The van der Waals surface area contributed by atoms with Gasteiger partial charge in [0.1, 0.15) is 23.0 Å². The number of aromatic hydroxyl groups is 4. The van der Waals surface area contributed by atoms with E-state index in [0.717, 1.165) is 0 Å². The lowest BCUT2D eigenvalue weighted by Crippen LogP contribution is -2.59. The van der Waals surface area contributed by atoms with E-state index < -0.39 is 0 Å². The number of phenolic OH excluding ortho intramolecular Hbond substituents is 4. The van der Waals surface area contributed by atoms with Gasteiger partial charge in [0.15, 0.2) is 5.69 Å². The summed E-state index contributed by atoms with van der Waals surface area (Å²) in [4.78, 5) is 3.58. The SMILES string of the molecule is [C-]#[N+]c1cc(C#N)cc(NN(c2cc(C)c(O)c(C)c2)N(c2cc(C)c(O)c(C)c2)N(Nc2cc(C)c(O)c(C)c2)c2cc(C)c(O)c(C)c2)c1. The van der Waals surface area contributed by atoms with Crippen molar-refractivity contribution in [3.63, 3.8) is 0 Å². The molecule has 5 rings (SSSR count). The van der Waals surface area contributed by atoms with Gasteiger partial charge in [-0.2, -0.15) is 20.6 Å². The first-order valence-electron chi connectivity index (χ1n) is 16.2. The third-order valence-electron chi connectivity index (χ3n) is 8.66. The monoisotopic (exact) mass is 683 g/mol. The van der Waals surface area contributed by atoms with E-state index in [0.29, 0.717) is 72.9 Å². The van der Waals surface area contributed by atoms with Gasteiger partial charge in [-0.25, -0.2) is 4.85 Å². The topological polar surface area (TPSA) is 143 Å². The number of anilines is 5. The van der Waals surface area contributed by atoms with E-state index in [-0.39, 0.29) is 34.2 Å². The molecule has 0 fully saturated rings. The molecule has 0 bridgehead atoms. The number of aryl methyl sites for hydroxylation is 8. The van der Waals surface area contributed by atoms with Crippen molar-refractivity contribution in [1.29, 1.82) is 5.26 Å². The smallest absolute Gasteiger partial charge is 0.190 e. The molecule has 0 aromatic heterocycles. The number of hydrogen-bond donors (Lipinski definition) is 6. The van der Waals surface area contributed by atoms with Gasteiger partial charge in [-0.1, -0.05) is 0 Å². The minimum Gasteiger partial charge on any atom is -0.507 e. The Balaban J connectivity index is 1.89. The number of hydrogen-bond acceptors (Lipinski definition) is 10. The Labute approximate surface area is 298 Å². The number of phenols is 4. The lowest BCUT2D eigenvalue weighted by molar-refractivity contribution is 0.466. The second-order valence-electron chi connectivity index (χ2n) is 12.9. The van der Waals surface area contributed by atoms with Gasteiger partial charge in [0.05, 0.1) is 35.4 Å². The summed E-state index contributed by atoms with van der Waals surface area (Å²) in [6.07, 6.45) is 0. The average molecular weight is 684 g/mol. The highest BCUT2D eigenvalue weighted by molar-refractivity contribution is 5.75. The Morgan fingerprint density at radius 3 is 1.20 bits per heavy atom. The van der Waals surface area contributed by atoms with Crippen LogP contribution in [-0.2, 0) is 0 Å². The Bertz CT molecular complexity index is 2130. The highest BCUT2D eigenvalue weighted by Gasteiger charge is 2.29. The number of hydrazine groups is 4. The molecule has 0 aliphatic rings. The van der Waals surface area contributed by atoms with Crippen LogP contribution in [0, 0.1) is 73.3 Å². The summed E-state index contributed by atoms with van der Waals surface area (Å²) < 4.78 is 0. The maximum atomic E-state index is 10.9. The molecule has 0 aliphatic carbocycles. The molecule has 0 atom stereocenters. The van der Waals surface area contributed by atoms with Gasteiger partial charge >= 0.3 is 0 Å². The number of nitrogens with one attached hydrogen (secondary N) is 2. The van der Waals surface area contributed by atoms with Gasteiger partial charge < -0.3 is 20.4 Å². The van der Waals surface area contributed by atoms with Crippen LogP contribution in [0.5, 0.6) is 23.0 Å². The molecule has 0 aliphatic heterocycles. The highest BCUT2D eigenvalue weighted by Crippen LogP contribution is 2.38. The van der Waals surface area contributed by atoms with Crippen LogP contribution in [0.2, 0.25) is 0 Å². The van der Waals surface area contributed by atoms with Crippen molar-refractivity contribution in [3.8, 4) is 29.1 Å². The lowest BCUT2D eigenvalue weighted by Gasteiger charge is -2.46. The van der Waals surface area contributed by atoms with Crippen molar-refractivity contribution >= 4 is 34.1 Å². The Morgan fingerprint density at radius 1 is 0.510 bits per heavy atom. The zero-order valence-corrected chi connectivity index (χ0v) is 29.9. The summed E-state index contributed by atoms with van der Waals surface area (Å²) in [6, 6.07) is 21.4. The van der Waals surface area contributed by atoms with Gasteiger partial charge in [0, 0.05) is 11.3 Å². The largest absolute Gasteiger partial charge is 0.507 e. The minimum absolute atomic E-state index is 0.137. The first kappa shape index (κ1) is 35.6. The summed E-state index contributed by atoms with van der Waals surface area (Å²) >= 11 is 0. The molecule has 11 heteroatoms. The van der Waals surface area contributed by atoms with Crippen molar-refractivity contribution < 1.29 is 20.4 Å². The summed E-state index contributed by atoms with van der Waals surface area (Å²) in [5.74, 6) is 0.603. The number of nitrogens with zero attached hydrogens (tertiary/aromatic N) is 5. The lowest BCUT2D eigenvalue weighted by atomic mass is 10.1. The van der Waals surface area contributed by atoms with Gasteiger partial charge in [-0.3, -0.25) is 10.9 Å². The molecule has 0 amide bonds. The summed E-state index contributed by atoms with van der Waals surface area (Å²) in [5.41, 5.74) is 15.2. The van der Waals surface area contributed by atoms with Crippen LogP contribution in [-0.4, -0.2) is 20.4 Å². The molecular weight excluding hydrogens is 642 g/mol. The molecule has 11 nitrogen and oxygen atoms in total. The average Bonchev–Trinajstić information content (AvgIpc) is 3.09. The first-order valence-corrected chi connectivity index (χ1v) is 16.2. The quantitative estimate of drug-likeness (QED) is 0.0506. The van der Waals surface area contributed by atoms with Crippen molar-refractivity contribution in [2.75, 3.05) is 26.2 Å². The third-order valence-corrected chi connectivity index (χ3v) is 8.66. The Kier molecular flexibility index (Phi) is 9.78. The first-order chi connectivity index (χ1) is 24.1. The van der Waals surface area contributed by atoms with Crippen LogP contribution < -0.4 is 26.2 Å². The Morgan fingerprint density at radius 2 is 0.843 bits per heavy atom. The van der Waals surface area contributed by atoms with E-state index in [4.69, 9.17) is 6.57 Å². The van der Waals surface area contributed by atoms with E-state index in [1.807, 2.05) is 50.2 Å². The summed E-state index contributed by atoms with van der Waals surface area (Å²) in [6.45, 7) is 22.1. The maximum Gasteiger partial charge on any atom is 0.190 e. The van der Waals surface area contributed by atoms with E-state index in [1.54, 1.807) is 81.2 Å². The molecule has 0 heterocycles. The van der Waals surface area contributed by atoms with Gasteiger partial charge in [0.2, 0.25) is 0 Å². The third kappa shape index (κ3) is 7.19. The molecular formula is C40H41N7O4. The van der Waals surface area contributed by atoms with Crippen LogP contribution in [0.3, 0.4) is 0 Å². The van der Waals surface area contributed by atoms with Crippen LogP contribution in [0.15, 0.2) is 66.7 Å². The number of nitriles is 1. The predicted octanol–water partition coefficient (Wildman–Crippen LogP) is 9.10. The van der Waals surface area contributed by atoms with Gasteiger partial charge in [-0.05, 0) is 167 Å². The zero-order valence-electron chi connectivity index (χ0n) is 29.9. The van der Waals surface area contributed by atoms with Crippen LogP contribution in [0.1, 0.15) is 50.1 Å². The van der Waals surface area contributed by atoms with Crippen LogP contribution >= 0.6 is 0 Å².